The highest BCUT2D eigenvalue weighted by molar-refractivity contribution is 9.10. The van der Waals surface area contributed by atoms with Crippen molar-refractivity contribution >= 4 is 39.2 Å². The van der Waals surface area contributed by atoms with Gasteiger partial charge in [0, 0.05) is 9.50 Å². The van der Waals surface area contributed by atoms with Crippen LogP contribution in [0.5, 0.6) is 0 Å². The normalized spacial score (nSPS) is 12.0. The van der Waals surface area contributed by atoms with E-state index >= 15 is 0 Å². The first-order chi connectivity index (χ1) is 9.92. The first-order valence-corrected chi connectivity index (χ1v) is 7.49. The Bertz CT molecular complexity index is 669. The predicted molar refractivity (Wildman–Crippen MR) is 86.0 cm³/mol. The second-order valence-corrected chi connectivity index (χ2v) is 5.90. The Morgan fingerprint density at radius 1 is 1.43 bits per heavy atom. The summed E-state index contributed by atoms with van der Waals surface area (Å²) in [6.07, 6.45) is 0. The zero-order valence-corrected chi connectivity index (χ0v) is 14.2. The van der Waals surface area contributed by atoms with E-state index in [9.17, 15) is 4.79 Å². The molecule has 0 aliphatic heterocycles. The van der Waals surface area contributed by atoms with Crippen LogP contribution in [0.1, 0.15) is 34.8 Å². The molecule has 1 aromatic carbocycles. The van der Waals surface area contributed by atoms with Crippen molar-refractivity contribution in [3.63, 3.8) is 0 Å². The number of halogens is 2. The third-order valence-corrected chi connectivity index (χ3v) is 4.12. The summed E-state index contributed by atoms with van der Waals surface area (Å²) in [7, 11) is 1.32. The molecule has 1 N–H and O–H groups in total. The van der Waals surface area contributed by atoms with Crippen molar-refractivity contribution in [3.05, 3.63) is 50.8 Å². The van der Waals surface area contributed by atoms with Crippen LogP contribution >= 0.6 is 27.5 Å². The molecule has 1 unspecified atom stereocenters. The summed E-state index contributed by atoms with van der Waals surface area (Å²) in [5.41, 5.74) is 1.85. The standard InChI is InChI=1S/C15H15BrClNO3/c1-8-6-10(16)12(7-11(8)17)18-9(2)13-4-5-14(21-13)15(19)20-3/h4-7,9,18H,1-3H3. The SMILES string of the molecule is COC(=O)c1ccc(C(C)Nc2cc(Cl)c(C)cc2Br)o1. The Hall–Kier alpha value is -1.46. The van der Waals surface area contributed by atoms with Crippen molar-refractivity contribution in [2.45, 2.75) is 19.9 Å². The molecule has 1 aromatic heterocycles. The number of hydrogen-bond donors (Lipinski definition) is 1. The molecule has 0 saturated heterocycles. The number of carbonyl (C=O) groups is 1. The third-order valence-electron chi connectivity index (χ3n) is 3.06. The van der Waals surface area contributed by atoms with Gasteiger partial charge in [-0.25, -0.2) is 4.79 Å². The lowest BCUT2D eigenvalue weighted by Gasteiger charge is -2.15. The van der Waals surface area contributed by atoms with Crippen LogP contribution in [-0.4, -0.2) is 13.1 Å². The number of hydrogen-bond acceptors (Lipinski definition) is 4. The van der Waals surface area contributed by atoms with Crippen LogP contribution in [-0.2, 0) is 4.74 Å². The Labute approximate surface area is 136 Å². The molecule has 112 valence electrons. The number of rotatable bonds is 4. The fourth-order valence-electron chi connectivity index (χ4n) is 1.86. The van der Waals surface area contributed by atoms with Gasteiger partial charge in [0.2, 0.25) is 5.76 Å². The summed E-state index contributed by atoms with van der Waals surface area (Å²) in [4.78, 5) is 11.4. The monoisotopic (exact) mass is 371 g/mol. The summed E-state index contributed by atoms with van der Waals surface area (Å²) in [5.74, 6) is 0.328. The van der Waals surface area contributed by atoms with Crippen molar-refractivity contribution in [2.75, 3.05) is 12.4 Å². The van der Waals surface area contributed by atoms with Gasteiger partial charge in [0.15, 0.2) is 0 Å². The highest BCUT2D eigenvalue weighted by Gasteiger charge is 2.16. The average molecular weight is 373 g/mol. The van der Waals surface area contributed by atoms with Crippen molar-refractivity contribution < 1.29 is 13.9 Å². The van der Waals surface area contributed by atoms with Crippen LogP contribution < -0.4 is 5.32 Å². The molecule has 4 nitrogen and oxygen atoms in total. The van der Waals surface area contributed by atoms with Crippen LogP contribution in [0.25, 0.3) is 0 Å². The van der Waals surface area contributed by atoms with E-state index in [-0.39, 0.29) is 11.8 Å². The first kappa shape index (κ1) is 15.9. The first-order valence-electron chi connectivity index (χ1n) is 6.32. The molecular formula is C15H15BrClNO3. The van der Waals surface area contributed by atoms with Crippen LogP contribution in [0, 0.1) is 6.92 Å². The van der Waals surface area contributed by atoms with Gasteiger partial charge >= 0.3 is 5.97 Å². The minimum atomic E-state index is -0.493. The molecular weight excluding hydrogens is 358 g/mol. The van der Waals surface area contributed by atoms with Crippen LogP contribution in [0.4, 0.5) is 5.69 Å². The molecule has 0 saturated carbocycles. The van der Waals surface area contributed by atoms with Gasteiger partial charge in [-0.1, -0.05) is 11.6 Å². The molecule has 0 aliphatic carbocycles. The van der Waals surface area contributed by atoms with Gasteiger partial charge in [-0.05, 0) is 59.6 Å². The molecule has 0 bridgehead atoms. The molecule has 21 heavy (non-hydrogen) atoms. The quantitative estimate of drug-likeness (QED) is 0.770. The van der Waals surface area contributed by atoms with Gasteiger partial charge in [-0.2, -0.15) is 0 Å². The molecule has 0 radical (unpaired) electrons. The molecule has 1 atom stereocenters. The highest BCUT2D eigenvalue weighted by atomic mass is 79.9. The van der Waals surface area contributed by atoms with Crippen molar-refractivity contribution in [1.82, 2.24) is 0 Å². The zero-order valence-electron chi connectivity index (χ0n) is 11.9. The van der Waals surface area contributed by atoms with Crippen LogP contribution in [0.3, 0.4) is 0 Å². The Kier molecular flexibility index (Phi) is 4.96. The Morgan fingerprint density at radius 2 is 2.14 bits per heavy atom. The molecule has 2 aromatic rings. The summed E-state index contributed by atoms with van der Waals surface area (Å²) in [5, 5.41) is 3.97. The van der Waals surface area contributed by atoms with Gasteiger partial charge in [0.1, 0.15) is 5.76 Å². The van der Waals surface area contributed by atoms with Gasteiger partial charge in [0.25, 0.3) is 0 Å². The molecule has 2 rings (SSSR count). The van der Waals surface area contributed by atoms with Gasteiger partial charge in [0.05, 0.1) is 18.8 Å². The molecule has 6 heteroatoms. The number of carbonyl (C=O) groups excluding carboxylic acids is 1. The largest absolute Gasteiger partial charge is 0.463 e. The van der Waals surface area contributed by atoms with Crippen LogP contribution in [0.2, 0.25) is 5.02 Å². The molecule has 0 fully saturated rings. The van der Waals surface area contributed by atoms with Crippen molar-refractivity contribution in [2.24, 2.45) is 0 Å². The number of furan rings is 1. The lowest BCUT2D eigenvalue weighted by atomic mass is 10.2. The van der Waals surface area contributed by atoms with Crippen molar-refractivity contribution in [1.29, 1.82) is 0 Å². The van der Waals surface area contributed by atoms with Gasteiger partial charge in [-0.15, -0.1) is 0 Å². The third kappa shape index (κ3) is 3.60. The number of ether oxygens (including phenoxy) is 1. The van der Waals surface area contributed by atoms with E-state index in [0.29, 0.717) is 10.8 Å². The van der Waals surface area contributed by atoms with E-state index in [2.05, 4.69) is 26.0 Å². The second-order valence-electron chi connectivity index (χ2n) is 4.64. The average Bonchev–Trinajstić information content (AvgIpc) is 2.93. The summed E-state index contributed by atoms with van der Waals surface area (Å²) in [6.45, 7) is 3.87. The number of nitrogens with one attached hydrogen (secondary N) is 1. The van der Waals surface area contributed by atoms with E-state index in [1.807, 2.05) is 26.0 Å². The van der Waals surface area contributed by atoms with Gasteiger partial charge < -0.3 is 14.5 Å². The lowest BCUT2D eigenvalue weighted by molar-refractivity contribution is 0.0562. The molecule has 0 amide bonds. The van der Waals surface area contributed by atoms with Crippen LogP contribution in [0.15, 0.2) is 33.2 Å². The lowest BCUT2D eigenvalue weighted by Crippen LogP contribution is -2.06. The topological polar surface area (TPSA) is 51.5 Å². The van der Waals surface area contributed by atoms with Gasteiger partial charge in [-0.3, -0.25) is 0 Å². The fraction of sp³-hybridized carbons (Fsp3) is 0.267. The number of aryl methyl sites for hydroxylation is 1. The highest BCUT2D eigenvalue weighted by Crippen LogP contribution is 2.32. The minimum absolute atomic E-state index is 0.126. The number of anilines is 1. The molecule has 0 aliphatic rings. The smallest absolute Gasteiger partial charge is 0.373 e. The molecule has 0 spiro atoms. The van der Waals surface area contributed by atoms with E-state index in [4.69, 9.17) is 16.0 Å². The van der Waals surface area contributed by atoms with E-state index in [0.717, 1.165) is 15.7 Å². The van der Waals surface area contributed by atoms with E-state index in [1.54, 1.807) is 12.1 Å². The maximum Gasteiger partial charge on any atom is 0.373 e. The fourth-order valence-corrected chi connectivity index (χ4v) is 2.59. The van der Waals surface area contributed by atoms with Crippen molar-refractivity contribution in [3.8, 4) is 0 Å². The predicted octanol–water partition coefficient (Wildman–Crippen LogP) is 4.96. The Balaban J connectivity index is 2.18. The number of benzene rings is 1. The maximum atomic E-state index is 11.4. The van der Waals surface area contributed by atoms with E-state index in [1.165, 1.54) is 7.11 Å². The second kappa shape index (κ2) is 6.54. The summed E-state index contributed by atoms with van der Waals surface area (Å²) in [6, 6.07) is 7.00. The zero-order chi connectivity index (χ0) is 15.6. The number of esters is 1. The number of methoxy groups -OCH3 is 1. The van der Waals surface area contributed by atoms with E-state index < -0.39 is 5.97 Å². The Morgan fingerprint density at radius 3 is 2.81 bits per heavy atom. The maximum absolute atomic E-state index is 11.4. The summed E-state index contributed by atoms with van der Waals surface area (Å²) < 4.78 is 11.0. The minimum Gasteiger partial charge on any atom is -0.463 e. The summed E-state index contributed by atoms with van der Waals surface area (Å²) >= 11 is 9.63. The molecule has 1 heterocycles.